The highest BCUT2D eigenvalue weighted by Crippen LogP contribution is 2.43. The summed E-state index contributed by atoms with van der Waals surface area (Å²) in [6.45, 7) is 4.35. The molecule has 0 saturated heterocycles. The van der Waals surface area contributed by atoms with E-state index in [0.717, 1.165) is 70.6 Å². The molecular weight excluding hydrogens is 639 g/mol. The molecule has 0 aromatic heterocycles. The van der Waals surface area contributed by atoms with Gasteiger partial charge in [-0.25, -0.2) is 4.57 Å². The highest BCUT2D eigenvalue weighted by Gasteiger charge is 2.27. The average Bonchev–Trinajstić information content (AvgIpc) is 3.04. The van der Waals surface area contributed by atoms with Crippen molar-refractivity contribution >= 4 is 25.5 Å². The van der Waals surface area contributed by atoms with Gasteiger partial charge in [-0.3, -0.25) is 23.4 Å². The molecule has 0 heterocycles. The fourth-order valence-corrected chi connectivity index (χ4v) is 5.42. The van der Waals surface area contributed by atoms with Crippen LogP contribution in [0.25, 0.3) is 0 Å². The van der Waals surface area contributed by atoms with Gasteiger partial charge in [0.2, 0.25) is 0 Å². The SMILES string of the molecule is CCCCCC(=O)/C=C/C=C\CCCCCCCC(=O)OC[C@H](COP(=O)(O)OC[C@@H](O)CO)OC(=O)CCCCCCCCC(C)C. The summed E-state index contributed by atoms with van der Waals surface area (Å²) in [4.78, 5) is 46.4. The average molecular weight is 705 g/mol. The van der Waals surface area contributed by atoms with Gasteiger partial charge in [-0.1, -0.05) is 110 Å². The molecule has 0 spiro atoms. The van der Waals surface area contributed by atoms with Crippen molar-refractivity contribution in [3.8, 4) is 0 Å². The molecule has 0 aliphatic heterocycles. The number of allylic oxidation sites excluding steroid dienone is 4. The van der Waals surface area contributed by atoms with Crippen LogP contribution in [0.15, 0.2) is 24.3 Å². The van der Waals surface area contributed by atoms with Crippen LogP contribution in [0.1, 0.15) is 143 Å². The third-order valence-corrected chi connectivity index (χ3v) is 8.46. The smallest absolute Gasteiger partial charge is 0.462 e. The third kappa shape index (κ3) is 31.4. The van der Waals surface area contributed by atoms with E-state index in [1.165, 1.54) is 19.3 Å². The predicted molar refractivity (Wildman–Crippen MR) is 187 cm³/mol. The van der Waals surface area contributed by atoms with E-state index in [1.807, 2.05) is 6.08 Å². The van der Waals surface area contributed by atoms with E-state index in [-0.39, 0.29) is 25.2 Å². The first kappa shape index (κ1) is 46.1. The second-order valence-electron chi connectivity index (χ2n) is 12.8. The summed E-state index contributed by atoms with van der Waals surface area (Å²) in [5.41, 5.74) is 0. The lowest BCUT2D eigenvalue weighted by Gasteiger charge is -2.20. The third-order valence-electron chi connectivity index (χ3n) is 7.51. The van der Waals surface area contributed by atoms with Crippen LogP contribution in [0.3, 0.4) is 0 Å². The first-order chi connectivity index (χ1) is 23.0. The van der Waals surface area contributed by atoms with E-state index in [9.17, 15) is 28.9 Å². The van der Waals surface area contributed by atoms with E-state index < -0.39 is 51.8 Å². The predicted octanol–water partition coefficient (Wildman–Crippen LogP) is 7.70. The van der Waals surface area contributed by atoms with E-state index >= 15 is 0 Å². The van der Waals surface area contributed by atoms with E-state index in [1.54, 1.807) is 12.2 Å². The van der Waals surface area contributed by atoms with Gasteiger partial charge in [0.25, 0.3) is 0 Å². The van der Waals surface area contributed by atoms with Crippen LogP contribution in [-0.2, 0) is 37.5 Å². The minimum absolute atomic E-state index is 0.164. The number of aliphatic hydroxyl groups excluding tert-OH is 2. The van der Waals surface area contributed by atoms with Crippen LogP contribution in [0, 0.1) is 5.92 Å². The zero-order valence-electron chi connectivity index (χ0n) is 29.9. The van der Waals surface area contributed by atoms with Gasteiger partial charge in [-0.05, 0) is 44.1 Å². The molecule has 0 bridgehead atoms. The number of hydrogen-bond acceptors (Lipinski definition) is 10. The maximum Gasteiger partial charge on any atom is 0.472 e. The molecule has 12 heteroatoms. The zero-order chi connectivity index (χ0) is 35.9. The van der Waals surface area contributed by atoms with Crippen molar-refractivity contribution in [2.45, 2.75) is 155 Å². The number of ether oxygens (including phenoxy) is 2. The molecule has 48 heavy (non-hydrogen) atoms. The minimum atomic E-state index is -4.62. The van der Waals surface area contributed by atoms with Crippen molar-refractivity contribution in [2.24, 2.45) is 5.92 Å². The first-order valence-electron chi connectivity index (χ1n) is 18.1. The summed E-state index contributed by atoms with van der Waals surface area (Å²) in [5, 5.41) is 18.2. The van der Waals surface area contributed by atoms with Crippen molar-refractivity contribution in [1.82, 2.24) is 0 Å². The molecular formula is C36H65O11P. The lowest BCUT2D eigenvalue weighted by atomic mass is 10.0. The Kier molecular flexibility index (Phi) is 29.9. The normalized spacial score (nSPS) is 14.4. The molecule has 0 radical (unpaired) electrons. The monoisotopic (exact) mass is 704 g/mol. The number of rotatable bonds is 33. The van der Waals surface area contributed by atoms with Crippen molar-refractivity contribution in [3.05, 3.63) is 24.3 Å². The Morgan fingerprint density at radius 2 is 1.31 bits per heavy atom. The van der Waals surface area contributed by atoms with Gasteiger partial charge >= 0.3 is 19.8 Å². The molecule has 3 atom stereocenters. The summed E-state index contributed by atoms with van der Waals surface area (Å²) in [6.07, 6.45) is 21.7. The van der Waals surface area contributed by atoms with Crippen molar-refractivity contribution in [2.75, 3.05) is 26.4 Å². The van der Waals surface area contributed by atoms with Crippen LogP contribution in [0.2, 0.25) is 0 Å². The molecule has 0 saturated carbocycles. The van der Waals surface area contributed by atoms with Crippen LogP contribution in [-0.4, -0.2) is 71.5 Å². The maximum atomic E-state index is 12.5. The van der Waals surface area contributed by atoms with Gasteiger partial charge < -0.3 is 24.6 Å². The van der Waals surface area contributed by atoms with E-state index in [2.05, 4.69) is 31.4 Å². The van der Waals surface area contributed by atoms with E-state index in [0.29, 0.717) is 25.2 Å². The van der Waals surface area contributed by atoms with Crippen molar-refractivity contribution in [3.63, 3.8) is 0 Å². The number of phosphoric ester groups is 1. The number of esters is 2. The summed E-state index contributed by atoms with van der Waals surface area (Å²) in [7, 11) is -4.62. The van der Waals surface area contributed by atoms with Gasteiger partial charge in [0.1, 0.15) is 12.7 Å². The van der Waals surface area contributed by atoms with Crippen LogP contribution >= 0.6 is 7.82 Å². The molecule has 3 N–H and O–H groups in total. The summed E-state index contributed by atoms with van der Waals surface area (Å²) in [6, 6.07) is 0. The van der Waals surface area contributed by atoms with Gasteiger partial charge in [-0.15, -0.1) is 0 Å². The molecule has 1 unspecified atom stereocenters. The zero-order valence-corrected chi connectivity index (χ0v) is 30.8. The Morgan fingerprint density at radius 3 is 1.96 bits per heavy atom. The number of carbonyl (C=O) groups excluding carboxylic acids is 3. The number of unbranched alkanes of at least 4 members (excludes halogenated alkanes) is 12. The maximum absolute atomic E-state index is 12.5. The fraction of sp³-hybridized carbons (Fsp3) is 0.806. The van der Waals surface area contributed by atoms with Crippen LogP contribution in [0.5, 0.6) is 0 Å². The van der Waals surface area contributed by atoms with Crippen molar-refractivity contribution < 1.29 is 52.6 Å². The summed E-state index contributed by atoms with van der Waals surface area (Å²) in [5.74, 6) is -0.123. The molecule has 11 nitrogen and oxygen atoms in total. The molecule has 0 rings (SSSR count). The Morgan fingerprint density at radius 1 is 0.729 bits per heavy atom. The fourth-order valence-electron chi connectivity index (χ4n) is 4.63. The van der Waals surface area contributed by atoms with Crippen LogP contribution < -0.4 is 0 Å². The molecule has 0 fully saturated rings. The Hall–Kier alpha value is -1.88. The second-order valence-corrected chi connectivity index (χ2v) is 14.2. The molecule has 0 aliphatic rings. The minimum Gasteiger partial charge on any atom is -0.462 e. The van der Waals surface area contributed by atoms with E-state index in [4.69, 9.17) is 19.1 Å². The topological polar surface area (TPSA) is 166 Å². The van der Waals surface area contributed by atoms with Gasteiger partial charge in [0.05, 0.1) is 19.8 Å². The lowest BCUT2D eigenvalue weighted by molar-refractivity contribution is -0.161. The Bertz CT molecular complexity index is 935. The van der Waals surface area contributed by atoms with Crippen LogP contribution in [0.4, 0.5) is 0 Å². The quantitative estimate of drug-likeness (QED) is 0.0201. The number of ketones is 1. The number of hydrogen-bond donors (Lipinski definition) is 3. The molecule has 0 amide bonds. The highest BCUT2D eigenvalue weighted by atomic mass is 31.2. The lowest BCUT2D eigenvalue weighted by Crippen LogP contribution is -2.29. The first-order valence-corrected chi connectivity index (χ1v) is 19.6. The largest absolute Gasteiger partial charge is 0.472 e. The second kappa shape index (κ2) is 31.1. The van der Waals surface area contributed by atoms with Gasteiger partial charge in [-0.2, -0.15) is 0 Å². The van der Waals surface area contributed by atoms with Crippen molar-refractivity contribution in [1.29, 1.82) is 0 Å². The molecule has 280 valence electrons. The standard InChI is InChI=1S/C36H65O11P/c1-4-5-17-23-32(38)24-19-14-9-7-6-8-10-15-20-25-35(40)44-29-34(30-46-48(42,43)45-28-33(39)27-37)47-36(41)26-21-16-12-11-13-18-22-31(2)3/h9,14,19,24,31,33-34,37,39H,4-8,10-13,15-18,20-23,25-30H2,1-3H3,(H,42,43)/b14-9-,24-19+/t33-,34+/m0/s1. The Balaban J connectivity index is 4.43. The Labute approximate surface area is 289 Å². The number of aliphatic hydroxyl groups is 2. The van der Waals surface area contributed by atoms with Gasteiger partial charge in [0, 0.05) is 19.3 Å². The molecule has 0 aromatic rings. The molecule has 0 aliphatic carbocycles. The highest BCUT2D eigenvalue weighted by molar-refractivity contribution is 7.47. The number of carbonyl (C=O) groups is 3. The summed E-state index contributed by atoms with van der Waals surface area (Å²) >= 11 is 0. The summed E-state index contributed by atoms with van der Waals surface area (Å²) < 4.78 is 32.4. The van der Waals surface area contributed by atoms with Gasteiger partial charge in [0.15, 0.2) is 11.9 Å². The molecule has 0 aromatic carbocycles. The number of phosphoric acid groups is 1.